The van der Waals surface area contributed by atoms with E-state index < -0.39 is 0 Å². The highest BCUT2D eigenvalue weighted by Gasteiger charge is 2.23. The predicted octanol–water partition coefficient (Wildman–Crippen LogP) is 3.64. The summed E-state index contributed by atoms with van der Waals surface area (Å²) in [6.45, 7) is 6.03. The second-order valence-corrected chi connectivity index (χ2v) is 8.18. The number of anilines is 1. The molecule has 0 saturated carbocycles. The van der Waals surface area contributed by atoms with Crippen LogP contribution in [0, 0.1) is 5.92 Å². The third-order valence-electron chi connectivity index (χ3n) is 5.59. The molecule has 0 bridgehead atoms. The number of carbonyl (C=O) groups is 2. The lowest BCUT2D eigenvalue weighted by Crippen LogP contribution is -2.33. The van der Waals surface area contributed by atoms with Crippen LogP contribution in [0.2, 0.25) is 0 Å². The highest BCUT2D eigenvalue weighted by atomic mass is 16.6. The molecule has 6 nitrogen and oxygen atoms in total. The molecule has 30 heavy (non-hydrogen) atoms. The van der Waals surface area contributed by atoms with Crippen molar-refractivity contribution in [3.8, 4) is 11.5 Å². The Kier molecular flexibility index (Phi) is 5.93. The number of ether oxygens (including phenoxy) is 2. The summed E-state index contributed by atoms with van der Waals surface area (Å²) in [5.41, 5.74) is 2.83. The van der Waals surface area contributed by atoms with Crippen molar-refractivity contribution in [3.63, 3.8) is 0 Å². The molecule has 2 aliphatic rings. The molecular formula is C24H28N2O4. The summed E-state index contributed by atoms with van der Waals surface area (Å²) >= 11 is 0. The first-order chi connectivity index (χ1) is 14.5. The van der Waals surface area contributed by atoms with Crippen LogP contribution in [0.25, 0.3) is 0 Å². The smallest absolute Gasteiger partial charge is 0.227 e. The van der Waals surface area contributed by atoms with Crippen molar-refractivity contribution in [2.75, 3.05) is 24.7 Å². The summed E-state index contributed by atoms with van der Waals surface area (Å²) in [7, 11) is 0. The Morgan fingerprint density at radius 2 is 1.80 bits per heavy atom. The van der Waals surface area contributed by atoms with Crippen molar-refractivity contribution in [2.45, 2.75) is 39.2 Å². The normalized spacial score (nSPS) is 16.6. The Morgan fingerprint density at radius 3 is 2.47 bits per heavy atom. The first kappa shape index (κ1) is 20.3. The molecule has 1 fully saturated rings. The fourth-order valence-electron chi connectivity index (χ4n) is 4.01. The van der Waals surface area contributed by atoms with Crippen LogP contribution in [0.1, 0.15) is 43.9 Å². The molecule has 0 aliphatic carbocycles. The molecule has 0 aromatic heterocycles. The maximum Gasteiger partial charge on any atom is 0.227 e. The Hall–Kier alpha value is -3.02. The van der Waals surface area contributed by atoms with E-state index in [1.807, 2.05) is 42.5 Å². The van der Waals surface area contributed by atoms with Gasteiger partial charge in [-0.1, -0.05) is 32.0 Å². The topological polar surface area (TPSA) is 67.9 Å². The minimum Gasteiger partial charge on any atom is -0.486 e. The van der Waals surface area contributed by atoms with Gasteiger partial charge in [0.2, 0.25) is 11.8 Å². The van der Waals surface area contributed by atoms with Crippen molar-refractivity contribution in [2.24, 2.45) is 5.92 Å². The van der Waals surface area contributed by atoms with Crippen LogP contribution in [-0.4, -0.2) is 31.6 Å². The molecule has 2 aromatic rings. The molecular weight excluding hydrogens is 380 g/mol. The van der Waals surface area contributed by atoms with E-state index in [0.29, 0.717) is 26.1 Å². The van der Waals surface area contributed by atoms with Gasteiger partial charge in [-0.15, -0.1) is 0 Å². The SMILES string of the molecule is CC(C)[C@@H](NC(=O)Cc1ccc(N2CCCC2=O)cc1)c1ccc2c(c1)OCCO2. The molecule has 2 amide bonds. The first-order valence-corrected chi connectivity index (χ1v) is 10.6. The second-order valence-electron chi connectivity index (χ2n) is 8.18. The minimum absolute atomic E-state index is 0.0337. The highest BCUT2D eigenvalue weighted by Crippen LogP contribution is 2.34. The molecule has 2 heterocycles. The largest absolute Gasteiger partial charge is 0.486 e. The van der Waals surface area contributed by atoms with E-state index >= 15 is 0 Å². The molecule has 6 heteroatoms. The van der Waals surface area contributed by atoms with E-state index in [4.69, 9.17) is 9.47 Å². The summed E-state index contributed by atoms with van der Waals surface area (Å²) < 4.78 is 11.3. The van der Waals surface area contributed by atoms with Crippen LogP contribution < -0.4 is 19.7 Å². The fourth-order valence-corrected chi connectivity index (χ4v) is 4.01. The van der Waals surface area contributed by atoms with Gasteiger partial charge >= 0.3 is 0 Å². The van der Waals surface area contributed by atoms with E-state index in [-0.39, 0.29) is 23.8 Å². The van der Waals surface area contributed by atoms with Gasteiger partial charge in [-0.3, -0.25) is 9.59 Å². The van der Waals surface area contributed by atoms with Crippen LogP contribution in [0.5, 0.6) is 11.5 Å². The zero-order chi connectivity index (χ0) is 21.1. The lowest BCUT2D eigenvalue weighted by Gasteiger charge is -2.25. The standard InChI is InChI=1S/C24H28N2O4/c1-16(2)24(18-7-10-20-21(15-18)30-13-12-29-20)25-22(27)14-17-5-8-19(9-6-17)26-11-3-4-23(26)28/h5-10,15-16,24H,3-4,11-14H2,1-2H3,(H,25,27)/t24-/m1/s1. The summed E-state index contributed by atoms with van der Waals surface area (Å²) in [6, 6.07) is 13.4. The number of hydrogen-bond acceptors (Lipinski definition) is 4. The number of nitrogens with zero attached hydrogens (tertiary/aromatic N) is 1. The highest BCUT2D eigenvalue weighted by molar-refractivity contribution is 5.95. The molecule has 1 N–H and O–H groups in total. The van der Waals surface area contributed by atoms with Gasteiger partial charge in [0.15, 0.2) is 11.5 Å². The maximum atomic E-state index is 12.8. The lowest BCUT2D eigenvalue weighted by molar-refractivity contribution is -0.121. The lowest BCUT2D eigenvalue weighted by atomic mass is 9.95. The van der Waals surface area contributed by atoms with Gasteiger partial charge < -0.3 is 19.7 Å². The molecule has 158 valence electrons. The first-order valence-electron chi connectivity index (χ1n) is 10.6. The van der Waals surface area contributed by atoms with Gasteiger partial charge in [0.05, 0.1) is 12.5 Å². The van der Waals surface area contributed by atoms with Crippen molar-refractivity contribution in [3.05, 3.63) is 53.6 Å². The quantitative estimate of drug-likeness (QED) is 0.792. The van der Waals surface area contributed by atoms with Gasteiger partial charge in [-0.05, 0) is 47.7 Å². The zero-order valence-corrected chi connectivity index (χ0v) is 17.5. The molecule has 1 atom stereocenters. The monoisotopic (exact) mass is 408 g/mol. The van der Waals surface area contributed by atoms with Gasteiger partial charge in [0.25, 0.3) is 0 Å². The molecule has 2 aliphatic heterocycles. The van der Waals surface area contributed by atoms with E-state index in [2.05, 4.69) is 19.2 Å². The molecule has 4 rings (SSSR count). The van der Waals surface area contributed by atoms with Gasteiger partial charge in [-0.2, -0.15) is 0 Å². The number of benzene rings is 2. The third kappa shape index (κ3) is 4.42. The third-order valence-corrected chi connectivity index (χ3v) is 5.59. The predicted molar refractivity (Wildman–Crippen MR) is 115 cm³/mol. The Balaban J connectivity index is 1.42. The molecule has 0 spiro atoms. The van der Waals surface area contributed by atoms with Crippen LogP contribution in [0.15, 0.2) is 42.5 Å². The van der Waals surface area contributed by atoms with Crippen molar-refractivity contribution >= 4 is 17.5 Å². The van der Waals surface area contributed by atoms with E-state index in [9.17, 15) is 9.59 Å². The van der Waals surface area contributed by atoms with Crippen LogP contribution in [-0.2, 0) is 16.0 Å². The van der Waals surface area contributed by atoms with Gasteiger partial charge in [0, 0.05) is 18.7 Å². The van der Waals surface area contributed by atoms with Crippen LogP contribution in [0.4, 0.5) is 5.69 Å². The minimum atomic E-state index is -0.116. The molecule has 1 saturated heterocycles. The number of carbonyl (C=O) groups excluding carboxylic acids is 2. The van der Waals surface area contributed by atoms with E-state index in [1.54, 1.807) is 4.90 Å². The maximum absolute atomic E-state index is 12.8. The van der Waals surface area contributed by atoms with Crippen LogP contribution >= 0.6 is 0 Å². The van der Waals surface area contributed by atoms with Crippen molar-refractivity contribution < 1.29 is 19.1 Å². The number of rotatable bonds is 6. The summed E-state index contributed by atoms with van der Waals surface area (Å²) in [4.78, 5) is 26.4. The number of hydrogen-bond donors (Lipinski definition) is 1. The summed E-state index contributed by atoms with van der Waals surface area (Å²) in [5.74, 6) is 1.83. The van der Waals surface area contributed by atoms with E-state index in [0.717, 1.165) is 41.3 Å². The molecule has 0 unspecified atom stereocenters. The van der Waals surface area contributed by atoms with Gasteiger partial charge in [-0.25, -0.2) is 0 Å². The summed E-state index contributed by atoms with van der Waals surface area (Å²) in [6.07, 6.45) is 1.81. The van der Waals surface area contributed by atoms with E-state index in [1.165, 1.54) is 0 Å². The average molecular weight is 408 g/mol. The summed E-state index contributed by atoms with van der Waals surface area (Å²) in [5, 5.41) is 3.16. The number of nitrogens with one attached hydrogen (secondary N) is 1. The van der Waals surface area contributed by atoms with Crippen molar-refractivity contribution in [1.29, 1.82) is 0 Å². The molecule has 2 aromatic carbocycles. The molecule has 0 radical (unpaired) electrons. The van der Waals surface area contributed by atoms with Crippen molar-refractivity contribution in [1.82, 2.24) is 5.32 Å². The van der Waals surface area contributed by atoms with Gasteiger partial charge in [0.1, 0.15) is 13.2 Å². The number of fused-ring (bicyclic) bond motifs is 1. The second kappa shape index (κ2) is 8.78. The Morgan fingerprint density at radius 1 is 1.07 bits per heavy atom. The average Bonchev–Trinajstić information content (AvgIpc) is 3.18. The fraction of sp³-hybridized carbons (Fsp3) is 0.417. The number of amides is 2. The Labute approximate surface area is 177 Å². The Bertz CT molecular complexity index is 923. The van der Waals surface area contributed by atoms with Crippen LogP contribution in [0.3, 0.4) is 0 Å². The zero-order valence-electron chi connectivity index (χ0n) is 17.5.